The van der Waals surface area contributed by atoms with Crippen LogP contribution in [0.4, 0.5) is 0 Å². The molecule has 0 aliphatic carbocycles. The van der Waals surface area contributed by atoms with Crippen molar-refractivity contribution in [3.05, 3.63) is 0 Å². The summed E-state index contributed by atoms with van der Waals surface area (Å²) in [6.07, 6.45) is 0.763. The van der Waals surface area contributed by atoms with Gasteiger partial charge in [-0.25, -0.2) is 0 Å². The zero-order valence-corrected chi connectivity index (χ0v) is 19.4. The molecule has 0 unspecified atom stereocenters. The molecule has 11 heteroatoms. The maximum atomic E-state index is 5.78. The molecule has 0 aromatic heterocycles. The lowest BCUT2D eigenvalue weighted by molar-refractivity contribution is -0.0190. The fourth-order valence-corrected chi connectivity index (χ4v) is 3.47. The second-order valence-electron chi connectivity index (χ2n) is 5.39. The summed E-state index contributed by atoms with van der Waals surface area (Å²) < 4.78 is 37.1. The average Bonchev–Trinajstić information content (AvgIpc) is 2.62. The number of halogens is 3. The maximum Gasteiger partial charge on any atom is 0.341 e. The Morgan fingerprint density at radius 3 is 1.07 bits per heavy atom. The monoisotopic (exact) mass is 470 g/mol. The third kappa shape index (κ3) is 26.8. The molecule has 0 N–H and O–H groups in total. The van der Waals surface area contributed by atoms with Crippen molar-refractivity contribution in [2.45, 2.75) is 12.5 Å². The Labute approximate surface area is 177 Å². The van der Waals surface area contributed by atoms with Crippen LogP contribution in [-0.2, 0) is 33.2 Å². The third-order valence-electron chi connectivity index (χ3n) is 3.04. The fourth-order valence-electron chi connectivity index (χ4n) is 1.72. The van der Waals surface area contributed by atoms with Gasteiger partial charge >= 0.3 is 6.00 Å². The van der Waals surface area contributed by atoms with Crippen molar-refractivity contribution < 1.29 is 33.2 Å². The van der Waals surface area contributed by atoms with Gasteiger partial charge in [-0.1, -0.05) is 0 Å². The molecule has 0 saturated carbocycles. The third-order valence-corrected chi connectivity index (χ3v) is 5.66. The van der Waals surface area contributed by atoms with Gasteiger partial charge in [0, 0.05) is 13.7 Å². The molecule has 164 valence electrons. The first-order valence-electron chi connectivity index (χ1n) is 9.08. The largest absolute Gasteiger partial charge is 0.382 e. The Kier molecular flexibility index (Phi) is 22.2. The molecule has 0 rings (SSSR count). The summed E-state index contributed by atoms with van der Waals surface area (Å²) in [7, 11) is 1.64. The lowest BCUT2D eigenvalue weighted by Gasteiger charge is -2.09. The zero-order chi connectivity index (χ0) is 20.1. The first kappa shape index (κ1) is 27.8. The molecule has 0 bridgehead atoms. The van der Waals surface area contributed by atoms with Gasteiger partial charge in [0.15, 0.2) is 0 Å². The van der Waals surface area contributed by atoms with Crippen molar-refractivity contribution in [1.82, 2.24) is 0 Å². The maximum absolute atomic E-state index is 5.78. The highest BCUT2D eigenvalue weighted by Gasteiger charge is 2.23. The predicted octanol–water partition coefficient (Wildman–Crippen LogP) is 2.78. The van der Waals surface area contributed by atoms with Crippen LogP contribution in [0.3, 0.4) is 0 Å². The van der Waals surface area contributed by atoms with E-state index in [1.54, 1.807) is 7.11 Å². The van der Waals surface area contributed by atoms with E-state index in [1.807, 2.05) is 0 Å². The summed E-state index contributed by atoms with van der Waals surface area (Å²) >= 11 is 17.3. The highest BCUT2D eigenvalue weighted by atomic mass is 35.8. The molecule has 0 aromatic rings. The van der Waals surface area contributed by atoms with E-state index in [9.17, 15) is 0 Å². The molecule has 0 fully saturated rings. The molecule has 0 aliphatic rings. The minimum atomic E-state index is -2.51. The molecule has 0 atom stereocenters. The summed E-state index contributed by atoms with van der Waals surface area (Å²) in [6.45, 7) is 7.14. The van der Waals surface area contributed by atoms with Gasteiger partial charge in [0.25, 0.3) is 0 Å². The highest BCUT2D eigenvalue weighted by molar-refractivity contribution is 7.64. The van der Waals surface area contributed by atoms with Crippen molar-refractivity contribution in [3.8, 4) is 0 Å². The Morgan fingerprint density at radius 1 is 0.481 bits per heavy atom. The average molecular weight is 472 g/mol. The Bertz CT molecular complexity index is 300. The summed E-state index contributed by atoms with van der Waals surface area (Å²) in [4.78, 5) is 0. The van der Waals surface area contributed by atoms with E-state index >= 15 is 0 Å². The van der Waals surface area contributed by atoms with E-state index in [-0.39, 0.29) is 0 Å². The van der Waals surface area contributed by atoms with Gasteiger partial charge in [-0.15, -0.1) is 33.2 Å². The molecule has 0 heterocycles. The van der Waals surface area contributed by atoms with E-state index in [1.165, 1.54) is 0 Å². The van der Waals surface area contributed by atoms with Crippen LogP contribution in [0.15, 0.2) is 0 Å². The zero-order valence-electron chi connectivity index (χ0n) is 16.1. The van der Waals surface area contributed by atoms with E-state index in [2.05, 4.69) is 0 Å². The van der Waals surface area contributed by atoms with E-state index in [0.29, 0.717) is 91.9 Å². The van der Waals surface area contributed by atoms with E-state index in [4.69, 9.17) is 66.4 Å². The van der Waals surface area contributed by atoms with Crippen molar-refractivity contribution >= 4 is 39.2 Å². The number of methoxy groups -OCH3 is 1. The molecule has 7 nitrogen and oxygen atoms in total. The van der Waals surface area contributed by atoms with Crippen LogP contribution in [0, 0.1) is 0 Å². The quantitative estimate of drug-likeness (QED) is 0.137. The van der Waals surface area contributed by atoms with Crippen molar-refractivity contribution in [2.24, 2.45) is 0 Å². The van der Waals surface area contributed by atoms with Crippen molar-refractivity contribution in [1.29, 1.82) is 0 Å². The van der Waals surface area contributed by atoms with Gasteiger partial charge in [-0.05, 0) is 12.5 Å². The molecule has 0 spiro atoms. The van der Waals surface area contributed by atoms with Gasteiger partial charge in [-0.2, -0.15) is 0 Å². The second kappa shape index (κ2) is 21.5. The summed E-state index contributed by atoms with van der Waals surface area (Å²) in [5.74, 6) is 0. The van der Waals surface area contributed by atoms with Gasteiger partial charge < -0.3 is 33.2 Å². The first-order chi connectivity index (χ1) is 13.1. The molecular weight excluding hydrogens is 439 g/mol. The SMILES string of the molecule is COCCOCCOCCOCCOCCOCCOCCC[Si](Cl)(Cl)Cl. The fraction of sp³-hybridized carbons (Fsp3) is 1.00. The Morgan fingerprint density at radius 2 is 0.778 bits per heavy atom. The van der Waals surface area contributed by atoms with Gasteiger partial charge in [0.05, 0.1) is 79.3 Å². The molecule has 0 aromatic carbocycles. The molecular formula is C16H33Cl3O7Si. The van der Waals surface area contributed by atoms with Crippen LogP contribution in [0.25, 0.3) is 0 Å². The van der Waals surface area contributed by atoms with Crippen LogP contribution in [-0.4, -0.2) is 99.0 Å². The Hall–Kier alpha value is 0.807. The van der Waals surface area contributed by atoms with Crippen molar-refractivity contribution in [2.75, 3.05) is 93.0 Å². The summed E-state index contributed by atoms with van der Waals surface area (Å²) in [5, 5.41) is 0. The summed E-state index contributed by atoms with van der Waals surface area (Å²) in [6, 6.07) is -1.89. The van der Waals surface area contributed by atoms with Crippen LogP contribution in [0.2, 0.25) is 6.04 Å². The van der Waals surface area contributed by atoms with Crippen LogP contribution < -0.4 is 0 Å². The minimum Gasteiger partial charge on any atom is -0.382 e. The van der Waals surface area contributed by atoms with E-state index < -0.39 is 6.00 Å². The van der Waals surface area contributed by atoms with Crippen molar-refractivity contribution in [3.63, 3.8) is 0 Å². The lowest BCUT2D eigenvalue weighted by Crippen LogP contribution is -2.14. The van der Waals surface area contributed by atoms with Crippen LogP contribution >= 0.6 is 33.2 Å². The smallest absolute Gasteiger partial charge is 0.341 e. The van der Waals surface area contributed by atoms with Gasteiger partial charge in [-0.3, -0.25) is 0 Å². The minimum absolute atomic E-state index is 0.524. The van der Waals surface area contributed by atoms with Crippen LogP contribution in [0.1, 0.15) is 6.42 Å². The standard InChI is InChI=1S/C16H33Cl3O7Si/c1-20-4-5-22-8-9-24-12-13-26-15-14-25-11-10-23-7-6-21-3-2-16-27(17,18)19/h2-16H2,1H3. The topological polar surface area (TPSA) is 64.6 Å². The van der Waals surface area contributed by atoms with Gasteiger partial charge in [0.1, 0.15) is 0 Å². The first-order valence-corrected chi connectivity index (χ1v) is 14.3. The molecule has 0 aliphatic heterocycles. The van der Waals surface area contributed by atoms with E-state index in [0.717, 1.165) is 6.42 Å². The van der Waals surface area contributed by atoms with Crippen LogP contribution in [0.5, 0.6) is 0 Å². The normalized spacial score (nSPS) is 12.0. The number of rotatable bonds is 22. The summed E-state index contributed by atoms with van der Waals surface area (Å²) in [5.41, 5.74) is 0. The predicted molar refractivity (Wildman–Crippen MR) is 110 cm³/mol. The molecule has 0 saturated heterocycles. The Balaban J connectivity index is 3.01. The number of hydrogen-bond acceptors (Lipinski definition) is 7. The molecule has 27 heavy (non-hydrogen) atoms. The lowest BCUT2D eigenvalue weighted by atomic mass is 10.5. The molecule has 0 radical (unpaired) electrons. The number of hydrogen-bond donors (Lipinski definition) is 0. The molecule has 0 amide bonds. The van der Waals surface area contributed by atoms with Gasteiger partial charge in [0.2, 0.25) is 0 Å². The highest BCUT2D eigenvalue weighted by Crippen LogP contribution is 2.26. The second-order valence-corrected chi connectivity index (χ2v) is 14.7. The number of ether oxygens (including phenoxy) is 7.